The molecule has 1 heterocycles. The van der Waals surface area contributed by atoms with E-state index in [2.05, 4.69) is 117 Å². The summed E-state index contributed by atoms with van der Waals surface area (Å²) in [5.41, 5.74) is 12.4. The summed E-state index contributed by atoms with van der Waals surface area (Å²) < 4.78 is 0. The molecule has 1 aliphatic rings. The number of rotatable bonds is 5. The van der Waals surface area contributed by atoms with Crippen LogP contribution in [0.25, 0.3) is 89.1 Å². The maximum absolute atomic E-state index is 9.94. The van der Waals surface area contributed by atoms with Crippen molar-refractivity contribution in [2.75, 3.05) is 0 Å². The third kappa shape index (κ3) is 5.24. The molecule has 258 valence electrons. The van der Waals surface area contributed by atoms with Gasteiger partial charge in [0.25, 0.3) is 0 Å². The summed E-state index contributed by atoms with van der Waals surface area (Å²) in [4.78, 5) is 15.5. The fourth-order valence-corrected chi connectivity index (χ4v) is 8.48. The summed E-state index contributed by atoms with van der Waals surface area (Å²) in [5, 5.41) is 14.5. The van der Waals surface area contributed by atoms with Gasteiger partial charge in [0, 0.05) is 33.2 Å². The summed E-state index contributed by atoms with van der Waals surface area (Å²) in [7, 11) is 0. The van der Waals surface area contributed by atoms with Crippen molar-refractivity contribution >= 4 is 21.5 Å². The molecule has 10 rings (SSSR count). The van der Waals surface area contributed by atoms with Gasteiger partial charge in [-0.15, -0.1) is 0 Å². The van der Waals surface area contributed by atoms with Crippen LogP contribution in [0.5, 0.6) is 0 Å². The number of fused-ring (bicyclic) bond motifs is 6. The van der Waals surface area contributed by atoms with Gasteiger partial charge < -0.3 is 0 Å². The van der Waals surface area contributed by atoms with Gasteiger partial charge in [0.05, 0.1) is 11.6 Å². The van der Waals surface area contributed by atoms with Gasteiger partial charge in [-0.3, -0.25) is 0 Å². The molecule has 0 aliphatic heterocycles. The second kappa shape index (κ2) is 12.7. The van der Waals surface area contributed by atoms with E-state index in [1.165, 1.54) is 16.5 Å². The van der Waals surface area contributed by atoms with Crippen LogP contribution in [0, 0.1) is 11.3 Å². The lowest BCUT2D eigenvalue weighted by Crippen LogP contribution is -2.15. The molecule has 0 saturated heterocycles. The van der Waals surface area contributed by atoms with E-state index < -0.39 is 0 Å². The van der Waals surface area contributed by atoms with Crippen molar-refractivity contribution in [3.05, 3.63) is 187 Å². The van der Waals surface area contributed by atoms with Crippen molar-refractivity contribution in [1.29, 1.82) is 5.26 Å². The van der Waals surface area contributed by atoms with Crippen LogP contribution in [0.15, 0.2) is 170 Å². The molecule has 4 heteroatoms. The van der Waals surface area contributed by atoms with Gasteiger partial charge in [-0.1, -0.05) is 172 Å². The Balaban J connectivity index is 1.18. The maximum Gasteiger partial charge on any atom is 0.165 e. The predicted octanol–water partition coefficient (Wildman–Crippen LogP) is 12.7. The molecule has 0 radical (unpaired) electrons. The number of nitrogens with zero attached hydrogens (tertiary/aromatic N) is 4. The molecule has 0 spiro atoms. The van der Waals surface area contributed by atoms with E-state index in [-0.39, 0.29) is 5.41 Å². The van der Waals surface area contributed by atoms with Gasteiger partial charge in [-0.2, -0.15) is 5.26 Å². The quantitative estimate of drug-likeness (QED) is 0.168. The topological polar surface area (TPSA) is 62.5 Å². The van der Waals surface area contributed by atoms with Crippen molar-refractivity contribution in [3.63, 3.8) is 0 Å². The highest BCUT2D eigenvalue weighted by Gasteiger charge is 2.37. The molecule has 0 amide bonds. The number of hydrogen-bond acceptors (Lipinski definition) is 4. The van der Waals surface area contributed by atoms with Gasteiger partial charge in [0.15, 0.2) is 17.5 Å². The number of benzene rings is 8. The van der Waals surface area contributed by atoms with Gasteiger partial charge in [-0.25, -0.2) is 15.0 Å². The Bertz CT molecular complexity index is 2940. The smallest absolute Gasteiger partial charge is 0.165 e. The number of aromatic nitrogens is 3. The minimum atomic E-state index is -0.214. The van der Waals surface area contributed by atoms with E-state index in [4.69, 9.17) is 15.0 Å². The summed E-state index contributed by atoms with van der Waals surface area (Å²) >= 11 is 0. The standard InChI is InChI=1S/C51H34N4/c1-51(2)43-23-13-18-37(31-52)45(43)42-29-28-36(30-44(42)51)32-24-26-33(27-25-32)46-40-21-11-9-19-38(40)39-20-10-12-22-41(39)47(46)50-54-48(34-14-5-3-6-15-34)53-49(55-50)35-16-7-4-8-17-35/h3-30H,1-2H3. The van der Waals surface area contributed by atoms with Crippen LogP contribution in [0.2, 0.25) is 0 Å². The molecular weight excluding hydrogens is 669 g/mol. The SMILES string of the molecule is CC1(C)c2cc(-c3ccc(-c4c(-c5nc(-c6ccccc6)nc(-c6ccccc6)n5)c5ccccc5c5ccccc45)cc3)ccc2-c2c(C#N)cccc21. The van der Waals surface area contributed by atoms with Gasteiger partial charge >= 0.3 is 0 Å². The number of nitriles is 1. The van der Waals surface area contributed by atoms with E-state index in [0.29, 0.717) is 17.5 Å². The van der Waals surface area contributed by atoms with Gasteiger partial charge in [0.2, 0.25) is 0 Å². The molecule has 55 heavy (non-hydrogen) atoms. The van der Waals surface area contributed by atoms with E-state index in [0.717, 1.165) is 71.8 Å². The molecule has 9 aromatic rings. The van der Waals surface area contributed by atoms with Crippen LogP contribution in [-0.2, 0) is 5.41 Å². The Morgan fingerprint density at radius 3 is 1.51 bits per heavy atom. The Labute approximate surface area is 320 Å². The van der Waals surface area contributed by atoms with Crippen molar-refractivity contribution < 1.29 is 0 Å². The molecule has 8 aromatic carbocycles. The van der Waals surface area contributed by atoms with E-state index in [1.54, 1.807) is 0 Å². The van der Waals surface area contributed by atoms with Crippen LogP contribution in [0.1, 0.15) is 30.5 Å². The molecule has 0 bridgehead atoms. The van der Waals surface area contributed by atoms with Gasteiger partial charge in [0.1, 0.15) is 0 Å². The predicted molar refractivity (Wildman–Crippen MR) is 224 cm³/mol. The van der Waals surface area contributed by atoms with Crippen molar-refractivity contribution in [3.8, 4) is 73.6 Å². The third-order valence-corrected chi connectivity index (χ3v) is 11.2. The van der Waals surface area contributed by atoms with Gasteiger partial charge in [-0.05, 0) is 67.1 Å². The number of hydrogen-bond donors (Lipinski definition) is 0. The largest absolute Gasteiger partial charge is 0.208 e. The lowest BCUT2D eigenvalue weighted by atomic mass is 9.81. The summed E-state index contributed by atoms with van der Waals surface area (Å²) in [6, 6.07) is 61.6. The summed E-state index contributed by atoms with van der Waals surface area (Å²) in [5.74, 6) is 1.89. The molecule has 1 aliphatic carbocycles. The highest BCUT2D eigenvalue weighted by molar-refractivity contribution is 6.21. The zero-order chi connectivity index (χ0) is 37.1. The second-order valence-electron chi connectivity index (χ2n) is 14.7. The van der Waals surface area contributed by atoms with Crippen molar-refractivity contribution in [2.24, 2.45) is 0 Å². The van der Waals surface area contributed by atoms with Crippen LogP contribution in [0.4, 0.5) is 0 Å². The average Bonchev–Trinajstić information content (AvgIpc) is 3.49. The van der Waals surface area contributed by atoms with E-state index in [9.17, 15) is 5.26 Å². The first-order chi connectivity index (χ1) is 27.0. The molecule has 0 saturated carbocycles. The minimum Gasteiger partial charge on any atom is -0.208 e. The lowest BCUT2D eigenvalue weighted by molar-refractivity contribution is 0.660. The third-order valence-electron chi connectivity index (χ3n) is 11.2. The fourth-order valence-electron chi connectivity index (χ4n) is 8.48. The first-order valence-corrected chi connectivity index (χ1v) is 18.6. The van der Waals surface area contributed by atoms with Crippen molar-refractivity contribution in [2.45, 2.75) is 19.3 Å². The van der Waals surface area contributed by atoms with Crippen LogP contribution < -0.4 is 0 Å². The minimum absolute atomic E-state index is 0.214. The van der Waals surface area contributed by atoms with Crippen LogP contribution in [0.3, 0.4) is 0 Å². The molecule has 1 aromatic heterocycles. The zero-order valence-corrected chi connectivity index (χ0v) is 30.5. The Morgan fingerprint density at radius 1 is 0.400 bits per heavy atom. The normalized spacial score (nSPS) is 12.7. The van der Waals surface area contributed by atoms with Crippen molar-refractivity contribution in [1.82, 2.24) is 15.0 Å². The van der Waals surface area contributed by atoms with Crippen LogP contribution in [-0.4, -0.2) is 15.0 Å². The Morgan fingerprint density at radius 2 is 0.909 bits per heavy atom. The molecular formula is C51H34N4. The fraction of sp³-hybridized carbons (Fsp3) is 0.0588. The highest BCUT2D eigenvalue weighted by atomic mass is 15.0. The lowest BCUT2D eigenvalue weighted by Gasteiger charge is -2.22. The second-order valence-corrected chi connectivity index (χ2v) is 14.7. The molecule has 4 nitrogen and oxygen atoms in total. The average molecular weight is 703 g/mol. The molecule has 0 atom stereocenters. The first kappa shape index (κ1) is 32.4. The molecule has 0 unspecified atom stereocenters. The Kier molecular flexibility index (Phi) is 7.50. The molecule has 0 fully saturated rings. The summed E-state index contributed by atoms with van der Waals surface area (Å²) in [6.07, 6.45) is 0. The van der Waals surface area contributed by atoms with E-state index >= 15 is 0 Å². The first-order valence-electron chi connectivity index (χ1n) is 18.6. The Hall–Kier alpha value is -7.22. The summed E-state index contributed by atoms with van der Waals surface area (Å²) in [6.45, 7) is 4.51. The van der Waals surface area contributed by atoms with E-state index in [1.807, 2.05) is 72.8 Å². The molecule has 0 N–H and O–H groups in total. The highest BCUT2D eigenvalue weighted by Crippen LogP contribution is 2.51. The monoisotopic (exact) mass is 702 g/mol. The van der Waals surface area contributed by atoms with Crippen LogP contribution >= 0.6 is 0 Å². The maximum atomic E-state index is 9.94. The zero-order valence-electron chi connectivity index (χ0n) is 30.5.